The molecule has 0 unspecified atom stereocenters. The lowest BCUT2D eigenvalue weighted by atomic mass is 9.96. The molecule has 0 saturated heterocycles. The lowest BCUT2D eigenvalue weighted by Gasteiger charge is -2.18. The van der Waals surface area contributed by atoms with Crippen molar-refractivity contribution in [1.29, 1.82) is 0 Å². The summed E-state index contributed by atoms with van der Waals surface area (Å²) in [7, 11) is 7.28. The Morgan fingerprint density at radius 2 is 1.58 bits per heavy atom. The van der Waals surface area contributed by atoms with E-state index >= 15 is 0 Å². The quantitative estimate of drug-likeness (QED) is 0.418. The zero-order chi connectivity index (χ0) is 26.1. The number of hydrogen-bond acceptors (Lipinski definition) is 8. The van der Waals surface area contributed by atoms with Crippen molar-refractivity contribution in [2.45, 2.75) is 0 Å². The van der Waals surface area contributed by atoms with Crippen LogP contribution in [0.4, 0.5) is 11.5 Å². The van der Waals surface area contributed by atoms with Crippen LogP contribution in [0.25, 0.3) is 22.2 Å². The number of nitrogens with one attached hydrogen (secondary N) is 1. The summed E-state index contributed by atoms with van der Waals surface area (Å²) in [5.41, 5.74) is 6.12. The second-order valence-corrected chi connectivity index (χ2v) is 7.88. The van der Waals surface area contributed by atoms with E-state index in [1.54, 1.807) is 42.5 Å². The molecule has 4 rings (SSSR count). The van der Waals surface area contributed by atoms with E-state index in [9.17, 15) is 14.4 Å². The fourth-order valence-electron chi connectivity index (χ4n) is 4.05. The van der Waals surface area contributed by atoms with Gasteiger partial charge in [-0.25, -0.2) is 9.78 Å². The molecule has 0 bridgehead atoms. The standard InChI is InChI=1S/C25H25N5O6/c1-29-22-20(24(32)30(2)25(29)33)18(13-10-11-16(35-4)17(12-13)36-5)19(21(26)28-22)23(31)27-14-8-6-7-9-15(14)34-3/h6-12H,1-5H3,(H2,26,28)(H,27,31). The van der Waals surface area contributed by atoms with Gasteiger partial charge in [0.25, 0.3) is 11.5 Å². The number of anilines is 2. The molecule has 186 valence electrons. The highest BCUT2D eigenvalue weighted by molar-refractivity contribution is 6.16. The maximum Gasteiger partial charge on any atom is 0.332 e. The van der Waals surface area contributed by atoms with Gasteiger partial charge in [0.15, 0.2) is 17.1 Å². The van der Waals surface area contributed by atoms with Gasteiger partial charge < -0.3 is 25.3 Å². The second-order valence-electron chi connectivity index (χ2n) is 7.88. The van der Waals surface area contributed by atoms with Crippen LogP contribution in [0.5, 0.6) is 17.2 Å². The van der Waals surface area contributed by atoms with E-state index in [0.717, 1.165) is 4.57 Å². The lowest BCUT2D eigenvalue weighted by molar-refractivity contribution is 0.102. The van der Waals surface area contributed by atoms with E-state index in [-0.39, 0.29) is 28.0 Å². The Morgan fingerprint density at radius 3 is 2.25 bits per heavy atom. The summed E-state index contributed by atoms with van der Waals surface area (Å²) in [6.45, 7) is 0. The number of nitrogen functional groups attached to an aromatic ring is 1. The monoisotopic (exact) mass is 491 g/mol. The Morgan fingerprint density at radius 1 is 0.917 bits per heavy atom. The van der Waals surface area contributed by atoms with Crippen molar-refractivity contribution in [1.82, 2.24) is 14.1 Å². The van der Waals surface area contributed by atoms with Crippen LogP contribution in [0.1, 0.15) is 10.4 Å². The number of rotatable bonds is 6. The average molecular weight is 492 g/mol. The van der Waals surface area contributed by atoms with Crippen LogP contribution in [0, 0.1) is 0 Å². The molecule has 3 N–H and O–H groups in total. The number of aryl methyl sites for hydroxylation is 1. The zero-order valence-electron chi connectivity index (χ0n) is 20.4. The van der Waals surface area contributed by atoms with Crippen LogP contribution in [0.2, 0.25) is 0 Å². The number of pyridine rings is 1. The fraction of sp³-hybridized carbons (Fsp3) is 0.200. The Kier molecular flexibility index (Phi) is 6.39. The summed E-state index contributed by atoms with van der Waals surface area (Å²) in [5.74, 6) is 0.475. The molecule has 4 aromatic rings. The minimum absolute atomic E-state index is 0.0410. The van der Waals surface area contributed by atoms with Crippen LogP contribution >= 0.6 is 0 Å². The van der Waals surface area contributed by atoms with Gasteiger partial charge in [0.1, 0.15) is 11.6 Å². The van der Waals surface area contributed by atoms with Crippen LogP contribution in [0.3, 0.4) is 0 Å². The molecule has 0 saturated carbocycles. The number of nitrogens with two attached hydrogens (primary N) is 1. The van der Waals surface area contributed by atoms with Gasteiger partial charge in [-0.15, -0.1) is 0 Å². The molecule has 0 fully saturated rings. The van der Waals surface area contributed by atoms with Crippen LogP contribution in [-0.4, -0.2) is 41.4 Å². The molecule has 11 heteroatoms. The number of ether oxygens (including phenoxy) is 3. The molecule has 0 aliphatic rings. The summed E-state index contributed by atoms with van der Waals surface area (Å²) < 4.78 is 18.3. The second kappa shape index (κ2) is 9.45. The third-order valence-corrected chi connectivity index (χ3v) is 5.87. The SMILES string of the molecule is COc1ccccc1NC(=O)c1c(N)nc2c(c1-c1ccc(OC)c(OC)c1)c(=O)n(C)c(=O)n2C. The summed E-state index contributed by atoms with van der Waals surface area (Å²) in [6.07, 6.45) is 0. The predicted molar refractivity (Wildman–Crippen MR) is 136 cm³/mol. The molecule has 2 aromatic carbocycles. The van der Waals surface area contributed by atoms with Crippen molar-refractivity contribution >= 4 is 28.4 Å². The van der Waals surface area contributed by atoms with Crippen molar-refractivity contribution in [2.75, 3.05) is 32.4 Å². The topological polar surface area (TPSA) is 140 Å². The first-order valence-corrected chi connectivity index (χ1v) is 10.8. The average Bonchev–Trinajstić information content (AvgIpc) is 2.89. The Bertz CT molecular complexity index is 1620. The number of nitrogens with zero attached hydrogens (tertiary/aromatic N) is 3. The van der Waals surface area contributed by atoms with E-state index in [4.69, 9.17) is 19.9 Å². The largest absolute Gasteiger partial charge is 0.495 e. The molecule has 2 heterocycles. The number of carbonyl (C=O) groups excluding carboxylic acids is 1. The van der Waals surface area contributed by atoms with Crippen molar-refractivity contribution in [3.8, 4) is 28.4 Å². The van der Waals surface area contributed by atoms with E-state index in [0.29, 0.717) is 28.5 Å². The van der Waals surface area contributed by atoms with E-state index < -0.39 is 17.2 Å². The summed E-state index contributed by atoms with van der Waals surface area (Å²) in [6, 6.07) is 11.8. The highest BCUT2D eigenvalue weighted by atomic mass is 16.5. The molecular weight excluding hydrogens is 466 g/mol. The Labute approximate surface area is 205 Å². The van der Waals surface area contributed by atoms with Gasteiger partial charge in [0, 0.05) is 19.7 Å². The number of para-hydroxylation sites is 2. The number of benzene rings is 2. The molecule has 0 atom stereocenters. The molecule has 2 aromatic heterocycles. The third kappa shape index (κ3) is 3.90. The first kappa shape index (κ1) is 24.3. The predicted octanol–water partition coefficient (Wildman–Crippen LogP) is 2.16. The van der Waals surface area contributed by atoms with E-state index in [1.807, 2.05) is 0 Å². The molecule has 0 radical (unpaired) electrons. The summed E-state index contributed by atoms with van der Waals surface area (Å²) in [4.78, 5) is 43.9. The molecule has 0 aliphatic heterocycles. The molecular formula is C25H25N5O6. The van der Waals surface area contributed by atoms with Gasteiger partial charge in [0.05, 0.1) is 38.0 Å². The molecule has 11 nitrogen and oxygen atoms in total. The third-order valence-electron chi connectivity index (χ3n) is 5.87. The van der Waals surface area contributed by atoms with E-state index in [2.05, 4.69) is 10.3 Å². The number of carbonyl (C=O) groups is 1. The number of methoxy groups -OCH3 is 3. The first-order valence-electron chi connectivity index (χ1n) is 10.8. The number of hydrogen-bond donors (Lipinski definition) is 2. The fourth-order valence-corrected chi connectivity index (χ4v) is 4.05. The van der Waals surface area contributed by atoms with Gasteiger partial charge in [-0.05, 0) is 29.8 Å². The Balaban J connectivity index is 2.10. The highest BCUT2D eigenvalue weighted by Gasteiger charge is 2.26. The van der Waals surface area contributed by atoms with Gasteiger partial charge in [-0.3, -0.25) is 18.7 Å². The molecule has 0 spiro atoms. The molecule has 1 amide bonds. The summed E-state index contributed by atoms with van der Waals surface area (Å²) >= 11 is 0. The number of aromatic nitrogens is 3. The van der Waals surface area contributed by atoms with Crippen LogP contribution in [0.15, 0.2) is 52.1 Å². The maximum atomic E-state index is 13.6. The van der Waals surface area contributed by atoms with E-state index in [1.165, 1.54) is 40.0 Å². The van der Waals surface area contributed by atoms with Gasteiger partial charge in [0.2, 0.25) is 0 Å². The van der Waals surface area contributed by atoms with Crippen LogP contribution in [-0.2, 0) is 14.1 Å². The maximum absolute atomic E-state index is 13.6. The normalized spacial score (nSPS) is 10.8. The number of amides is 1. The molecule has 0 aliphatic carbocycles. The zero-order valence-corrected chi connectivity index (χ0v) is 20.4. The van der Waals surface area contributed by atoms with Gasteiger partial charge in [-0.2, -0.15) is 0 Å². The lowest BCUT2D eigenvalue weighted by Crippen LogP contribution is -2.38. The van der Waals surface area contributed by atoms with Crippen LogP contribution < -0.4 is 36.5 Å². The minimum Gasteiger partial charge on any atom is -0.495 e. The number of fused-ring (bicyclic) bond motifs is 1. The first-order chi connectivity index (χ1) is 17.2. The van der Waals surface area contributed by atoms with Gasteiger partial charge >= 0.3 is 5.69 Å². The van der Waals surface area contributed by atoms with Gasteiger partial charge in [-0.1, -0.05) is 18.2 Å². The van der Waals surface area contributed by atoms with Crippen molar-refractivity contribution in [3.63, 3.8) is 0 Å². The highest BCUT2D eigenvalue weighted by Crippen LogP contribution is 2.38. The van der Waals surface area contributed by atoms with Crippen molar-refractivity contribution in [3.05, 3.63) is 68.9 Å². The van der Waals surface area contributed by atoms with Crippen molar-refractivity contribution < 1.29 is 19.0 Å². The smallest absolute Gasteiger partial charge is 0.332 e. The molecule has 36 heavy (non-hydrogen) atoms. The Hall–Kier alpha value is -4.80. The minimum atomic E-state index is -0.628. The summed E-state index contributed by atoms with van der Waals surface area (Å²) in [5, 5.41) is 2.83. The van der Waals surface area contributed by atoms with Crippen molar-refractivity contribution in [2.24, 2.45) is 14.1 Å².